The number of benzene rings is 2. The Labute approximate surface area is 204 Å². The van der Waals surface area contributed by atoms with Crippen LogP contribution in [-0.4, -0.2) is 41.7 Å². The highest BCUT2D eigenvalue weighted by Crippen LogP contribution is 2.33. The minimum Gasteiger partial charge on any atom is -0.456 e. The number of ether oxygens (including phenoxy) is 2. The van der Waals surface area contributed by atoms with E-state index in [2.05, 4.69) is 46.2 Å². The first-order valence-corrected chi connectivity index (χ1v) is 12.0. The first-order valence-electron chi connectivity index (χ1n) is 11.2. The van der Waals surface area contributed by atoms with Crippen molar-refractivity contribution >= 4 is 46.2 Å². The van der Waals surface area contributed by atoms with Gasteiger partial charge < -0.3 is 23.7 Å². The largest absolute Gasteiger partial charge is 0.456 e. The standard InChI is InChI=1S/C25H32N4O4S/c1-7-28-22-14-11-19(15-21(22)27-24(28)25(4,5)32-6)29(8-2)34-20-12-9-18(10-13-20)26-23(31)16-33-17(3)30/h9-15H,7-8,16H2,1-6H3,(H,26,31). The number of methoxy groups -OCH3 is 1. The second-order valence-corrected chi connectivity index (χ2v) is 9.30. The third-order valence-electron chi connectivity index (χ3n) is 5.43. The van der Waals surface area contributed by atoms with Crippen LogP contribution in [0.5, 0.6) is 0 Å². The second kappa shape index (κ2) is 10.9. The average Bonchev–Trinajstić information content (AvgIpc) is 3.21. The molecule has 1 amide bonds. The number of rotatable bonds is 10. The second-order valence-electron chi connectivity index (χ2n) is 8.21. The summed E-state index contributed by atoms with van der Waals surface area (Å²) < 4.78 is 14.8. The molecule has 34 heavy (non-hydrogen) atoms. The van der Waals surface area contributed by atoms with Crippen molar-refractivity contribution in [1.29, 1.82) is 0 Å². The number of fused-ring (bicyclic) bond motifs is 1. The molecule has 0 aliphatic heterocycles. The highest BCUT2D eigenvalue weighted by molar-refractivity contribution is 8.00. The lowest BCUT2D eigenvalue weighted by molar-refractivity contribution is -0.144. The summed E-state index contributed by atoms with van der Waals surface area (Å²) in [6, 6.07) is 13.9. The van der Waals surface area contributed by atoms with Gasteiger partial charge in [-0.25, -0.2) is 4.98 Å². The van der Waals surface area contributed by atoms with E-state index >= 15 is 0 Å². The van der Waals surface area contributed by atoms with Crippen molar-refractivity contribution in [2.24, 2.45) is 0 Å². The molecule has 0 radical (unpaired) electrons. The van der Waals surface area contributed by atoms with Crippen molar-refractivity contribution in [3.63, 3.8) is 0 Å². The summed E-state index contributed by atoms with van der Waals surface area (Å²) in [5.41, 5.74) is 3.24. The summed E-state index contributed by atoms with van der Waals surface area (Å²) in [6.07, 6.45) is 0. The van der Waals surface area contributed by atoms with Crippen LogP contribution in [0.15, 0.2) is 47.4 Å². The van der Waals surface area contributed by atoms with Crippen LogP contribution >= 0.6 is 11.9 Å². The SMILES string of the molecule is CCN(Sc1ccc(NC(=O)COC(C)=O)cc1)c1ccc2c(c1)nc(C(C)(C)OC)n2CC. The molecule has 1 N–H and O–H groups in total. The van der Waals surface area contributed by atoms with Crippen molar-refractivity contribution < 1.29 is 19.1 Å². The first-order chi connectivity index (χ1) is 16.2. The number of aryl methyl sites for hydroxylation is 1. The molecule has 9 heteroatoms. The number of nitrogens with zero attached hydrogens (tertiary/aromatic N) is 3. The summed E-state index contributed by atoms with van der Waals surface area (Å²) in [5.74, 6) is 0.0492. The number of hydrogen-bond acceptors (Lipinski definition) is 7. The minimum absolute atomic E-state index is 0.297. The molecule has 0 saturated heterocycles. The maximum absolute atomic E-state index is 11.8. The van der Waals surface area contributed by atoms with Gasteiger partial charge in [0.2, 0.25) is 0 Å². The fourth-order valence-electron chi connectivity index (χ4n) is 3.53. The Morgan fingerprint density at radius 2 is 1.85 bits per heavy atom. The van der Waals surface area contributed by atoms with E-state index in [0.29, 0.717) is 5.69 Å². The summed E-state index contributed by atoms with van der Waals surface area (Å²) in [5, 5.41) is 2.71. The number of aromatic nitrogens is 2. The fourth-order valence-corrected chi connectivity index (χ4v) is 4.40. The zero-order valence-electron chi connectivity index (χ0n) is 20.5. The highest BCUT2D eigenvalue weighted by Gasteiger charge is 2.27. The number of anilines is 2. The molecule has 1 heterocycles. The zero-order chi connectivity index (χ0) is 24.9. The predicted octanol–water partition coefficient (Wildman–Crippen LogP) is 4.97. The molecule has 0 spiro atoms. The third-order valence-corrected chi connectivity index (χ3v) is 6.60. The van der Waals surface area contributed by atoms with Crippen molar-refractivity contribution in [2.45, 2.75) is 51.7 Å². The van der Waals surface area contributed by atoms with Gasteiger partial charge in [0.05, 0.1) is 11.0 Å². The van der Waals surface area contributed by atoms with Crippen molar-refractivity contribution in [3.05, 3.63) is 48.3 Å². The van der Waals surface area contributed by atoms with Crippen molar-refractivity contribution in [1.82, 2.24) is 9.55 Å². The molecule has 1 aromatic heterocycles. The lowest BCUT2D eigenvalue weighted by Crippen LogP contribution is -2.24. The zero-order valence-corrected chi connectivity index (χ0v) is 21.4. The van der Waals surface area contributed by atoms with Crippen LogP contribution in [0, 0.1) is 0 Å². The van der Waals surface area contributed by atoms with Gasteiger partial charge in [0.15, 0.2) is 6.61 Å². The number of amides is 1. The highest BCUT2D eigenvalue weighted by atomic mass is 32.2. The maximum Gasteiger partial charge on any atom is 0.303 e. The fraction of sp³-hybridized carbons (Fsp3) is 0.400. The molecule has 0 fully saturated rings. The van der Waals surface area contributed by atoms with Gasteiger partial charge in [-0.05, 0) is 82.1 Å². The van der Waals surface area contributed by atoms with Crippen molar-refractivity contribution in [2.75, 3.05) is 29.9 Å². The molecule has 182 valence electrons. The summed E-state index contributed by atoms with van der Waals surface area (Å²) in [6.45, 7) is 10.8. The topological polar surface area (TPSA) is 85.7 Å². The molecule has 0 saturated carbocycles. The lowest BCUT2D eigenvalue weighted by atomic mass is 10.1. The number of carbonyl (C=O) groups is 2. The Morgan fingerprint density at radius 1 is 1.15 bits per heavy atom. The normalized spacial score (nSPS) is 11.5. The molecule has 3 rings (SSSR count). The maximum atomic E-state index is 11.8. The molecule has 0 unspecified atom stereocenters. The smallest absolute Gasteiger partial charge is 0.303 e. The predicted molar refractivity (Wildman–Crippen MR) is 136 cm³/mol. The number of nitrogens with one attached hydrogen (secondary N) is 1. The van der Waals surface area contributed by atoms with Gasteiger partial charge in [-0.3, -0.25) is 9.59 Å². The Balaban J connectivity index is 1.76. The lowest BCUT2D eigenvalue weighted by Gasteiger charge is -2.23. The van der Waals surface area contributed by atoms with Gasteiger partial charge >= 0.3 is 5.97 Å². The van der Waals surface area contributed by atoms with Crippen LogP contribution in [0.3, 0.4) is 0 Å². The van der Waals surface area contributed by atoms with E-state index in [4.69, 9.17) is 14.5 Å². The van der Waals surface area contributed by atoms with Crippen LogP contribution < -0.4 is 9.62 Å². The Kier molecular flexibility index (Phi) is 8.22. The van der Waals surface area contributed by atoms with Crippen LogP contribution in [0.25, 0.3) is 11.0 Å². The number of hydrogen-bond donors (Lipinski definition) is 1. The number of esters is 1. The van der Waals surface area contributed by atoms with E-state index in [-0.39, 0.29) is 12.5 Å². The molecule has 0 aliphatic carbocycles. The van der Waals surface area contributed by atoms with Gasteiger partial charge in [-0.2, -0.15) is 0 Å². The van der Waals surface area contributed by atoms with E-state index in [1.54, 1.807) is 19.1 Å². The van der Waals surface area contributed by atoms with Crippen LogP contribution in [0.4, 0.5) is 11.4 Å². The third kappa shape index (κ3) is 5.90. The van der Waals surface area contributed by atoms with Gasteiger partial charge in [0.25, 0.3) is 5.91 Å². The molecular weight excluding hydrogens is 452 g/mol. The van der Waals surface area contributed by atoms with E-state index < -0.39 is 11.6 Å². The molecule has 2 aromatic carbocycles. The Bertz CT molecular complexity index is 1160. The Morgan fingerprint density at radius 3 is 2.44 bits per heavy atom. The summed E-state index contributed by atoms with van der Waals surface area (Å²) in [4.78, 5) is 28.6. The number of carbonyl (C=O) groups excluding carboxylic acids is 2. The molecule has 3 aromatic rings. The molecule has 8 nitrogen and oxygen atoms in total. The van der Waals surface area contributed by atoms with Gasteiger partial charge in [-0.15, -0.1) is 0 Å². The summed E-state index contributed by atoms with van der Waals surface area (Å²) in [7, 11) is 1.71. The van der Waals surface area contributed by atoms with Crippen LogP contribution in [-0.2, 0) is 31.2 Å². The minimum atomic E-state index is -0.486. The summed E-state index contributed by atoms with van der Waals surface area (Å²) >= 11 is 1.61. The van der Waals surface area contributed by atoms with Gasteiger partial charge in [0, 0.05) is 43.4 Å². The molecule has 0 bridgehead atoms. The van der Waals surface area contributed by atoms with Crippen LogP contribution in [0.2, 0.25) is 0 Å². The average molecular weight is 485 g/mol. The Hall–Kier alpha value is -3.04. The van der Waals surface area contributed by atoms with Gasteiger partial charge in [0.1, 0.15) is 11.4 Å². The van der Waals surface area contributed by atoms with Crippen LogP contribution in [0.1, 0.15) is 40.4 Å². The first kappa shape index (κ1) is 25.6. The monoisotopic (exact) mass is 484 g/mol. The van der Waals surface area contributed by atoms with E-state index in [1.165, 1.54) is 6.92 Å². The van der Waals surface area contributed by atoms with Gasteiger partial charge in [-0.1, -0.05) is 0 Å². The quantitative estimate of drug-likeness (QED) is 0.321. The van der Waals surface area contributed by atoms with E-state index in [1.807, 2.05) is 38.1 Å². The molecule has 0 atom stereocenters. The van der Waals surface area contributed by atoms with Crippen molar-refractivity contribution in [3.8, 4) is 0 Å². The van der Waals surface area contributed by atoms with E-state index in [0.717, 1.165) is 40.5 Å². The molecule has 0 aliphatic rings. The number of imidazole rings is 1. The van der Waals surface area contributed by atoms with E-state index in [9.17, 15) is 9.59 Å². The molecular formula is C25H32N4O4S.